The van der Waals surface area contributed by atoms with E-state index in [1.54, 1.807) is 13.0 Å². The number of nitrogens with one attached hydrogen (secondary N) is 3. The third kappa shape index (κ3) is 5.41. The first-order chi connectivity index (χ1) is 20.3. The molecule has 42 heavy (non-hydrogen) atoms. The quantitative estimate of drug-likeness (QED) is 0.202. The summed E-state index contributed by atoms with van der Waals surface area (Å²) in [7, 11) is 0. The lowest BCUT2D eigenvalue weighted by molar-refractivity contribution is 0.102. The number of amides is 1. The summed E-state index contributed by atoms with van der Waals surface area (Å²) in [5.41, 5.74) is 0.531. The maximum Gasteiger partial charge on any atom is 0.284 e. The van der Waals surface area contributed by atoms with Gasteiger partial charge in [0.05, 0.1) is 18.0 Å². The van der Waals surface area contributed by atoms with E-state index in [0.717, 1.165) is 23.6 Å². The monoisotopic (exact) mass is 573 g/mol. The molecule has 6 rings (SSSR count). The molecule has 1 aliphatic rings. The Bertz CT molecular complexity index is 1850. The minimum absolute atomic E-state index is 0.102. The summed E-state index contributed by atoms with van der Waals surface area (Å²) in [5.74, 6) is -1.33. The summed E-state index contributed by atoms with van der Waals surface area (Å²) in [6, 6.07) is 11.8. The molecule has 0 saturated heterocycles. The van der Waals surface area contributed by atoms with Crippen LogP contribution in [0.2, 0.25) is 0 Å². The van der Waals surface area contributed by atoms with Crippen molar-refractivity contribution in [1.29, 1.82) is 0 Å². The molecular weight excluding hydrogens is 548 g/mol. The van der Waals surface area contributed by atoms with Crippen molar-refractivity contribution in [3.8, 4) is 17.2 Å². The second kappa shape index (κ2) is 11.0. The van der Waals surface area contributed by atoms with E-state index in [9.17, 15) is 19.1 Å². The van der Waals surface area contributed by atoms with E-state index in [2.05, 4.69) is 30.9 Å². The van der Waals surface area contributed by atoms with Crippen LogP contribution in [0, 0.1) is 11.6 Å². The number of fused-ring (bicyclic) bond motifs is 1. The number of ether oxygens (including phenoxy) is 1. The van der Waals surface area contributed by atoms with Gasteiger partial charge in [0.15, 0.2) is 23.0 Å². The molecule has 1 aliphatic carbocycles. The number of hydrogen-bond acceptors (Lipinski definition) is 8. The molecule has 0 bridgehead atoms. The van der Waals surface area contributed by atoms with Crippen LogP contribution in [0.1, 0.15) is 41.7 Å². The number of rotatable bonds is 9. The smallest absolute Gasteiger partial charge is 0.284 e. The van der Waals surface area contributed by atoms with Crippen LogP contribution in [0.15, 0.2) is 65.6 Å². The number of halogens is 2. The van der Waals surface area contributed by atoms with Crippen molar-refractivity contribution in [3.05, 3.63) is 94.0 Å². The first kappa shape index (κ1) is 27.0. The molecular formula is C29H25F2N7O4. The van der Waals surface area contributed by atoms with E-state index < -0.39 is 23.1 Å². The van der Waals surface area contributed by atoms with Crippen molar-refractivity contribution in [3.63, 3.8) is 0 Å². The van der Waals surface area contributed by atoms with Crippen LogP contribution in [-0.2, 0) is 0 Å². The fraction of sp³-hybridized carbons (Fsp3) is 0.207. The highest BCUT2D eigenvalue weighted by molar-refractivity contribution is 6.04. The van der Waals surface area contributed by atoms with Gasteiger partial charge >= 0.3 is 0 Å². The van der Waals surface area contributed by atoms with Crippen LogP contribution in [0.3, 0.4) is 0 Å². The zero-order valence-corrected chi connectivity index (χ0v) is 22.3. The van der Waals surface area contributed by atoms with Crippen molar-refractivity contribution in [2.75, 3.05) is 17.2 Å². The molecule has 0 aliphatic heterocycles. The van der Waals surface area contributed by atoms with Crippen LogP contribution in [-0.4, -0.2) is 48.6 Å². The number of benzene rings is 2. The summed E-state index contributed by atoms with van der Waals surface area (Å²) < 4.78 is 35.6. The Morgan fingerprint density at radius 3 is 2.64 bits per heavy atom. The van der Waals surface area contributed by atoms with E-state index in [1.165, 1.54) is 48.7 Å². The molecule has 1 fully saturated rings. The summed E-state index contributed by atoms with van der Waals surface area (Å²) in [6.07, 6.45) is 3.23. The molecule has 1 unspecified atom stereocenters. The highest BCUT2D eigenvalue weighted by atomic mass is 19.1. The number of pyridine rings is 1. The molecule has 5 aromatic rings. The van der Waals surface area contributed by atoms with Crippen molar-refractivity contribution >= 4 is 28.4 Å². The van der Waals surface area contributed by atoms with Gasteiger partial charge < -0.3 is 20.5 Å². The molecule has 1 amide bonds. The normalized spacial score (nSPS) is 13.6. The van der Waals surface area contributed by atoms with Crippen LogP contribution < -0.4 is 20.9 Å². The summed E-state index contributed by atoms with van der Waals surface area (Å²) in [5, 5.41) is 26.8. The molecule has 3 heterocycles. The number of carbonyl (C=O) groups is 1. The average molecular weight is 574 g/mol. The highest BCUT2D eigenvalue weighted by Crippen LogP contribution is 2.39. The number of aromatic nitrogens is 5. The van der Waals surface area contributed by atoms with Gasteiger partial charge in [-0.15, -0.1) is 0 Å². The zero-order chi connectivity index (χ0) is 29.4. The molecule has 2 aromatic carbocycles. The molecule has 13 heteroatoms. The van der Waals surface area contributed by atoms with Gasteiger partial charge in [-0.05, 0) is 62.2 Å². The highest BCUT2D eigenvalue weighted by Gasteiger charge is 2.28. The Balaban J connectivity index is 1.26. The maximum absolute atomic E-state index is 15.2. The molecule has 4 N–H and O–H groups in total. The van der Waals surface area contributed by atoms with Crippen molar-refractivity contribution < 1.29 is 23.4 Å². The third-order valence-corrected chi connectivity index (χ3v) is 6.73. The molecule has 0 spiro atoms. The fourth-order valence-electron chi connectivity index (χ4n) is 4.38. The van der Waals surface area contributed by atoms with Gasteiger partial charge in [0.2, 0.25) is 0 Å². The first-order valence-corrected chi connectivity index (χ1v) is 13.2. The van der Waals surface area contributed by atoms with Crippen LogP contribution >= 0.6 is 0 Å². The van der Waals surface area contributed by atoms with E-state index in [4.69, 9.17) is 4.74 Å². The number of aliphatic hydroxyl groups excluding tert-OH is 1. The minimum Gasteiger partial charge on any atom is -0.453 e. The minimum atomic E-state index is -0.767. The Hall–Kier alpha value is -5.17. The van der Waals surface area contributed by atoms with E-state index in [0.29, 0.717) is 28.2 Å². The molecule has 11 nitrogen and oxygen atoms in total. The summed E-state index contributed by atoms with van der Waals surface area (Å²) in [4.78, 5) is 30.6. The Labute approximate surface area is 237 Å². The largest absolute Gasteiger partial charge is 0.453 e. The number of anilines is 2. The van der Waals surface area contributed by atoms with E-state index in [-0.39, 0.29) is 41.3 Å². The third-order valence-electron chi connectivity index (χ3n) is 6.73. The van der Waals surface area contributed by atoms with Gasteiger partial charge in [0.25, 0.3) is 11.5 Å². The van der Waals surface area contributed by atoms with Crippen molar-refractivity contribution in [2.24, 2.45) is 0 Å². The van der Waals surface area contributed by atoms with Gasteiger partial charge in [-0.3, -0.25) is 14.7 Å². The number of H-pyrrole nitrogens is 1. The molecule has 1 saturated carbocycles. The average Bonchev–Trinajstić information content (AvgIpc) is 3.76. The number of nitrogens with zero attached hydrogens (tertiary/aromatic N) is 4. The van der Waals surface area contributed by atoms with E-state index in [1.807, 2.05) is 0 Å². The SMILES string of the molecule is CC(CO)Nc1n[nH]c2nccc(Oc3ccc(NC(=O)c4cc(C5CC5)nn(-c5ccc(F)cc5)c4=O)cc3F)c12. The zero-order valence-electron chi connectivity index (χ0n) is 22.3. The maximum atomic E-state index is 15.2. The Kier molecular flexibility index (Phi) is 7.08. The lowest BCUT2D eigenvalue weighted by Gasteiger charge is -2.13. The van der Waals surface area contributed by atoms with Gasteiger partial charge in [-0.1, -0.05) is 0 Å². The Morgan fingerprint density at radius 1 is 1.14 bits per heavy atom. The lowest BCUT2D eigenvalue weighted by Crippen LogP contribution is -2.31. The number of aromatic amines is 1. The standard InChI is InChI=1S/C29H25F2N7O4/c1-15(14-39)33-27-25-24(10-11-32-26(25)35-36-27)42-23-9-6-18(12-21(23)31)34-28(40)20-13-22(16-2-3-16)37-38(29(20)41)19-7-4-17(30)5-8-19/h4-13,15-16,39H,2-3,14H2,1H3,(H,34,40)(H2,32,33,35,36). The first-order valence-electron chi connectivity index (χ1n) is 13.2. The fourth-order valence-corrected chi connectivity index (χ4v) is 4.38. The lowest BCUT2D eigenvalue weighted by atomic mass is 10.2. The van der Waals surface area contributed by atoms with Crippen LogP contribution in [0.25, 0.3) is 16.7 Å². The van der Waals surface area contributed by atoms with Crippen molar-refractivity contribution in [2.45, 2.75) is 31.7 Å². The molecule has 1 atom stereocenters. The molecule has 3 aromatic heterocycles. The summed E-state index contributed by atoms with van der Waals surface area (Å²) in [6.45, 7) is 1.63. The number of aliphatic hydroxyl groups is 1. The van der Waals surface area contributed by atoms with Gasteiger partial charge in [-0.25, -0.2) is 13.8 Å². The van der Waals surface area contributed by atoms with E-state index >= 15 is 4.39 Å². The Morgan fingerprint density at radius 2 is 1.93 bits per heavy atom. The number of carbonyl (C=O) groups excluding carboxylic acids is 1. The van der Waals surface area contributed by atoms with Gasteiger partial charge in [0.1, 0.15) is 22.5 Å². The second-order valence-electron chi connectivity index (χ2n) is 9.98. The number of hydrogen-bond donors (Lipinski definition) is 4. The van der Waals surface area contributed by atoms with Gasteiger partial charge in [-0.2, -0.15) is 14.9 Å². The second-order valence-corrected chi connectivity index (χ2v) is 9.98. The van der Waals surface area contributed by atoms with Crippen molar-refractivity contribution in [1.82, 2.24) is 25.0 Å². The topological polar surface area (TPSA) is 147 Å². The van der Waals surface area contributed by atoms with Crippen LogP contribution in [0.5, 0.6) is 11.5 Å². The van der Waals surface area contributed by atoms with Gasteiger partial charge in [0, 0.05) is 36.0 Å². The summed E-state index contributed by atoms with van der Waals surface area (Å²) >= 11 is 0. The van der Waals surface area contributed by atoms with Crippen LogP contribution in [0.4, 0.5) is 20.3 Å². The molecule has 214 valence electrons. The predicted molar refractivity (Wildman–Crippen MR) is 150 cm³/mol. The molecule has 0 radical (unpaired) electrons. The predicted octanol–water partition coefficient (Wildman–Crippen LogP) is 4.50.